The summed E-state index contributed by atoms with van der Waals surface area (Å²) < 4.78 is 77.2. The molecule has 4 rings (SSSR count). The molecule has 1 aliphatic rings. The van der Waals surface area contributed by atoms with Gasteiger partial charge in [-0.2, -0.15) is 15.1 Å². The first-order chi connectivity index (χ1) is 20.1. The van der Waals surface area contributed by atoms with Crippen molar-refractivity contribution < 1.29 is 41.5 Å². The average Bonchev–Trinajstić information content (AvgIpc) is 3.45. The number of halogens is 1. The van der Waals surface area contributed by atoms with E-state index in [1.165, 1.54) is 19.1 Å². The fraction of sp³-hybridized carbons (Fsp3) is 0.500. The maximum absolute atomic E-state index is 16.6. The van der Waals surface area contributed by atoms with E-state index in [0.717, 1.165) is 10.9 Å². The highest BCUT2D eigenvalue weighted by atomic mass is 31.2. The Kier molecular flexibility index (Phi) is 7.44. The summed E-state index contributed by atoms with van der Waals surface area (Å²) in [6, 6.07) is 6.65. The largest absolute Gasteiger partial charge is 0.462 e. The van der Waals surface area contributed by atoms with Crippen LogP contribution in [-0.2, 0) is 23.4 Å². The highest BCUT2D eigenvalue weighted by Crippen LogP contribution is 2.48. The number of aliphatic hydroxyl groups excluding tert-OH is 1. The first-order valence-electron chi connectivity index (χ1n) is 13.8. The van der Waals surface area contributed by atoms with E-state index in [1.54, 1.807) is 39.1 Å². The van der Waals surface area contributed by atoms with Crippen molar-refractivity contribution in [3.63, 3.8) is 0 Å². The van der Waals surface area contributed by atoms with E-state index in [2.05, 4.69) is 25.4 Å². The van der Waals surface area contributed by atoms with Crippen LogP contribution >= 0.6 is 7.75 Å². The van der Waals surface area contributed by atoms with Crippen LogP contribution in [0.25, 0.3) is 11.2 Å². The van der Waals surface area contributed by atoms with Crippen LogP contribution in [-0.4, -0.2) is 74.3 Å². The molecule has 0 aliphatic carbocycles. The molecule has 218 valence electrons. The van der Waals surface area contributed by atoms with Crippen LogP contribution in [0.1, 0.15) is 38.0 Å². The summed E-state index contributed by atoms with van der Waals surface area (Å²) in [7, 11) is -2.92. The molecule has 14 nitrogen and oxygen atoms in total. The van der Waals surface area contributed by atoms with E-state index >= 15 is 4.39 Å². The van der Waals surface area contributed by atoms with Gasteiger partial charge in [-0.15, -0.1) is 0 Å². The van der Waals surface area contributed by atoms with Crippen LogP contribution in [0, 0.1) is 0 Å². The molecule has 0 saturated carbocycles. The third kappa shape index (κ3) is 6.18. The van der Waals surface area contributed by atoms with E-state index in [9.17, 15) is 14.5 Å². The number of ether oxygens (including phenoxy) is 2. The van der Waals surface area contributed by atoms with Gasteiger partial charge in [0.15, 0.2) is 28.9 Å². The standard InChI is InChI=1S/C24H33FN7O7P/c1-13(2)37-21(34)14(3)31-40(35,39-15-9-7-6-8-10-15)36-11-16-18(33)24(4,25)22(38-16)32-12-28-17-19(27-5)29-23(26)30-20(17)32/h6-10,12-14,16,18,22,33H,11H2,1-5H3,(H,31,35)(H3,26,27,29,30)/t14-,16+,18+,22+,24+,40+/m0/s1/i4D3. The molecule has 1 fully saturated rings. The highest BCUT2D eigenvalue weighted by molar-refractivity contribution is 7.52. The van der Waals surface area contributed by atoms with E-state index in [-0.39, 0.29) is 28.7 Å². The molecule has 1 aliphatic heterocycles. The van der Waals surface area contributed by atoms with Gasteiger partial charge < -0.3 is 30.2 Å². The van der Waals surface area contributed by atoms with Gasteiger partial charge in [0.1, 0.15) is 24.0 Å². The number of nitrogens with zero attached hydrogens (tertiary/aromatic N) is 4. The summed E-state index contributed by atoms with van der Waals surface area (Å²) in [5.41, 5.74) is 2.43. The van der Waals surface area contributed by atoms with E-state index in [1.807, 2.05) is 0 Å². The summed E-state index contributed by atoms with van der Waals surface area (Å²) in [5, 5.41) is 16.3. The lowest BCUT2D eigenvalue weighted by Gasteiger charge is -2.25. The summed E-state index contributed by atoms with van der Waals surface area (Å²) in [5.74, 6) is -0.691. The number of aromatic nitrogens is 4. The normalized spacial score (nSPS) is 26.5. The van der Waals surface area contributed by atoms with Crippen molar-refractivity contribution in [1.29, 1.82) is 0 Å². The second-order valence-corrected chi connectivity index (χ2v) is 11.0. The fourth-order valence-electron chi connectivity index (χ4n) is 3.94. The van der Waals surface area contributed by atoms with E-state index < -0.39 is 63.4 Å². The predicted octanol–water partition coefficient (Wildman–Crippen LogP) is 2.57. The molecule has 1 aromatic carbocycles. The van der Waals surface area contributed by atoms with Crippen LogP contribution in [0.2, 0.25) is 0 Å². The molecule has 0 spiro atoms. The number of imidazole rings is 1. The number of benzene rings is 1. The predicted molar refractivity (Wildman–Crippen MR) is 143 cm³/mol. The number of hydrogen-bond donors (Lipinski definition) is 4. The zero-order chi connectivity index (χ0) is 31.7. The minimum absolute atomic E-state index is 0.0702. The van der Waals surface area contributed by atoms with Crippen LogP contribution in [0.4, 0.5) is 16.2 Å². The Morgan fingerprint density at radius 1 is 1.35 bits per heavy atom. The van der Waals surface area contributed by atoms with Crippen LogP contribution in [0.15, 0.2) is 36.7 Å². The Hall–Kier alpha value is -3.36. The van der Waals surface area contributed by atoms with E-state index in [0.29, 0.717) is 0 Å². The van der Waals surface area contributed by atoms with Crippen molar-refractivity contribution in [3.05, 3.63) is 36.7 Å². The second kappa shape index (κ2) is 11.6. The molecule has 5 N–H and O–H groups in total. The number of carbonyl (C=O) groups excluding carboxylic acids is 1. The Morgan fingerprint density at radius 3 is 2.73 bits per heavy atom. The van der Waals surface area contributed by atoms with Crippen molar-refractivity contribution in [2.24, 2.45) is 0 Å². The molecular formula is C24H33FN7O7P. The van der Waals surface area contributed by atoms with Gasteiger partial charge >= 0.3 is 13.7 Å². The second-order valence-electron chi connectivity index (χ2n) is 9.28. The van der Waals surface area contributed by atoms with E-state index in [4.69, 9.17) is 28.4 Å². The third-order valence-electron chi connectivity index (χ3n) is 5.81. The summed E-state index contributed by atoms with van der Waals surface area (Å²) >= 11 is 0. The lowest BCUT2D eigenvalue weighted by atomic mass is 9.98. The number of alkyl halides is 1. The van der Waals surface area contributed by atoms with Gasteiger partial charge in [-0.3, -0.25) is 13.9 Å². The maximum Gasteiger partial charge on any atom is 0.459 e. The van der Waals surface area contributed by atoms with Gasteiger partial charge in [0, 0.05) is 11.2 Å². The number of para-hydroxylation sites is 1. The third-order valence-corrected chi connectivity index (χ3v) is 7.45. The molecule has 0 radical (unpaired) electrons. The van der Waals surface area contributed by atoms with Crippen molar-refractivity contribution in [2.75, 3.05) is 24.7 Å². The van der Waals surface area contributed by atoms with Crippen molar-refractivity contribution >= 4 is 36.6 Å². The first-order valence-corrected chi connectivity index (χ1v) is 13.8. The SMILES string of the molecule is [2H]C([2H])([2H])[C@@]1(F)[C@H](O)[C@@H](CO[P@](=O)(N[C@@H](C)C(=O)OC(C)C)Oc2ccccc2)O[C@H]1n1cnc2c(NC)nc(N)nc21. The summed E-state index contributed by atoms with van der Waals surface area (Å²) in [6.45, 7) is 0.380. The molecule has 6 atom stereocenters. The number of esters is 1. The number of aliphatic hydroxyl groups is 1. The number of nitrogens with two attached hydrogens (primary N) is 1. The van der Waals surface area contributed by atoms with Crippen LogP contribution < -0.4 is 20.7 Å². The average molecular weight is 585 g/mol. The summed E-state index contributed by atoms with van der Waals surface area (Å²) in [6.07, 6.45) is -5.40. The van der Waals surface area contributed by atoms with Crippen molar-refractivity contribution in [3.8, 4) is 5.75 Å². The number of carbonyl (C=O) groups is 1. The lowest BCUT2D eigenvalue weighted by Crippen LogP contribution is -2.41. The van der Waals surface area contributed by atoms with Gasteiger partial charge in [0.25, 0.3) is 0 Å². The molecule has 0 bridgehead atoms. The molecule has 16 heteroatoms. The number of nitrogen functional groups attached to an aromatic ring is 1. The first kappa shape index (κ1) is 25.6. The topological polar surface area (TPSA) is 185 Å². The Bertz CT molecular complexity index is 1500. The zero-order valence-electron chi connectivity index (χ0n) is 25.1. The Labute approximate surface area is 234 Å². The Balaban J connectivity index is 1.65. The number of fused-ring (bicyclic) bond motifs is 1. The minimum atomic E-state index is -4.46. The fourth-order valence-corrected chi connectivity index (χ4v) is 5.44. The van der Waals surface area contributed by atoms with Gasteiger partial charge in [-0.05, 0) is 39.8 Å². The lowest BCUT2D eigenvalue weighted by molar-refractivity contribution is -0.149. The zero-order valence-corrected chi connectivity index (χ0v) is 23.0. The minimum Gasteiger partial charge on any atom is -0.462 e. The number of rotatable bonds is 11. The van der Waals surface area contributed by atoms with Gasteiger partial charge in [0.05, 0.1) is 19.0 Å². The van der Waals surface area contributed by atoms with Crippen LogP contribution in [0.3, 0.4) is 0 Å². The Morgan fingerprint density at radius 2 is 2.08 bits per heavy atom. The summed E-state index contributed by atoms with van der Waals surface area (Å²) in [4.78, 5) is 24.6. The molecule has 2 aromatic heterocycles. The van der Waals surface area contributed by atoms with Gasteiger partial charge in [0.2, 0.25) is 5.95 Å². The number of anilines is 2. The molecule has 3 aromatic rings. The van der Waals surface area contributed by atoms with Gasteiger partial charge in [-0.1, -0.05) is 18.2 Å². The maximum atomic E-state index is 16.6. The number of hydrogen-bond acceptors (Lipinski definition) is 12. The highest BCUT2D eigenvalue weighted by Gasteiger charge is 2.56. The molecule has 0 amide bonds. The number of nitrogens with one attached hydrogen (secondary N) is 2. The van der Waals surface area contributed by atoms with Crippen molar-refractivity contribution in [1.82, 2.24) is 24.6 Å². The molecule has 40 heavy (non-hydrogen) atoms. The smallest absolute Gasteiger partial charge is 0.459 e. The molecule has 3 heterocycles. The quantitative estimate of drug-likeness (QED) is 0.191. The molecular weight excluding hydrogens is 548 g/mol. The monoisotopic (exact) mass is 584 g/mol. The molecule has 0 unspecified atom stereocenters. The van der Waals surface area contributed by atoms with Gasteiger partial charge in [-0.25, -0.2) is 13.9 Å². The molecule has 1 saturated heterocycles. The van der Waals surface area contributed by atoms with Crippen LogP contribution in [0.5, 0.6) is 5.75 Å². The van der Waals surface area contributed by atoms with Crippen molar-refractivity contribution in [2.45, 2.75) is 63.9 Å².